The van der Waals surface area contributed by atoms with Crippen LogP contribution in [0.3, 0.4) is 0 Å². The van der Waals surface area contributed by atoms with E-state index in [1.165, 1.54) is 0 Å². The summed E-state index contributed by atoms with van der Waals surface area (Å²) in [6.45, 7) is 2.25. The topological polar surface area (TPSA) is 97.9 Å². The molecule has 0 saturated heterocycles. The van der Waals surface area contributed by atoms with Gasteiger partial charge < -0.3 is 13.9 Å². The smallest absolute Gasteiger partial charge is 0.233 e. The number of nitrogens with zero attached hydrogens (tertiary/aromatic N) is 3. The number of hydroxylamine groups is 2. The molecule has 0 unspecified atom stereocenters. The fourth-order valence-electron chi connectivity index (χ4n) is 2.87. The minimum atomic E-state index is -0.196. The molecule has 0 aliphatic carbocycles. The van der Waals surface area contributed by atoms with E-state index in [-0.39, 0.29) is 12.5 Å². The standard InChI is InChI=1S/C19H27N3O5/c1-4-5-6-7-15(12-22(24)13-23)19-21-20-18(27-19)11-14-8-9-16(25-2)17(10-14)26-3/h8-10,13,15,24H,4-7,11-12H2,1-3H3/t15-/m0/s1. The van der Waals surface area contributed by atoms with Gasteiger partial charge in [-0.25, -0.2) is 5.06 Å². The van der Waals surface area contributed by atoms with Crippen LogP contribution in [0, 0.1) is 0 Å². The monoisotopic (exact) mass is 377 g/mol. The molecule has 0 fully saturated rings. The van der Waals surface area contributed by atoms with Crippen LogP contribution in [0.4, 0.5) is 0 Å². The van der Waals surface area contributed by atoms with E-state index < -0.39 is 0 Å². The van der Waals surface area contributed by atoms with Crippen LogP contribution in [0.25, 0.3) is 0 Å². The number of aromatic nitrogens is 2. The van der Waals surface area contributed by atoms with Crippen molar-refractivity contribution in [2.45, 2.75) is 44.9 Å². The van der Waals surface area contributed by atoms with Gasteiger partial charge in [0.25, 0.3) is 0 Å². The van der Waals surface area contributed by atoms with E-state index >= 15 is 0 Å². The van der Waals surface area contributed by atoms with Crippen LogP contribution < -0.4 is 9.47 Å². The van der Waals surface area contributed by atoms with Gasteiger partial charge in [0.2, 0.25) is 18.2 Å². The molecule has 1 amide bonds. The zero-order chi connectivity index (χ0) is 19.6. The summed E-state index contributed by atoms with van der Waals surface area (Å²) >= 11 is 0. The molecule has 0 aliphatic rings. The molecular formula is C19H27N3O5. The van der Waals surface area contributed by atoms with E-state index in [0.29, 0.717) is 41.2 Å². The number of hydrogen-bond acceptors (Lipinski definition) is 7. The van der Waals surface area contributed by atoms with Gasteiger partial charge >= 0.3 is 0 Å². The molecule has 2 aromatic rings. The highest BCUT2D eigenvalue weighted by Gasteiger charge is 2.21. The summed E-state index contributed by atoms with van der Waals surface area (Å²) in [5, 5.41) is 18.4. The van der Waals surface area contributed by atoms with E-state index in [2.05, 4.69) is 17.1 Å². The van der Waals surface area contributed by atoms with Crippen LogP contribution in [0.15, 0.2) is 22.6 Å². The maximum Gasteiger partial charge on any atom is 0.233 e. The highest BCUT2D eigenvalue weighted by molar-refractivity contribution is 5.45. The van der Waals surface area contributed by atoms with Crippen LogP contribution in [0.2, 0.25) is 0 Å². The number of carbonyl (C=O) groups excluding carboxylic acids is 1. The number of carbonyl (C=O) groups is 1. The van der Waals surface area contributed by atoms with Crippen molar-refractivity contribution in [2.24, 2.45) is 0 Å². The predicted octanol–water partition coefficient (Wildman–Crippen LogP) is 3.19. The van der Waals surface area contributed by atoms with Crippen molar-refractivity contribution in [3.05, 3.63) is 35.5 Å². The third-order valence-corrected chi connectivity index (χ3v) is 4.32. The normalized spacial score (nSPS) is 11.9. The van der Waals surface area contributed by atoms with Crippen molar-refractivity contribution in [2.75, 3.05) is 20.8 Å². The zero-order valence-corrected chi connectivity index (χ0v) is 16.1. The summed E-state index contributed by atoms with van der Waals surface area (Å²) in [4.78, 5) is 10.7. The Morgan fingerprint density at radius 3 is 2.67 bits per heavy atom. The Kier molecular flexibility index (Phi) is 8.06. The van der Waals surface area contributed by atoms with Crippen molar-refractivity contribution in [1.82, 2.24) is 15.3 Å². The molecule has 0 aliphatic heterocycles. The summed E-state index contributed by atoms with van der Waals surface area (Å²) in [7, 11) is 3.17. The molecule has 8 heteroatoms. The molecule has 8 nitrogen and oxygen atoms in total. The molecular weight excluding hydrogens is 350 g/mol. The Morgan fingerprint density at radius 2 is 2.00 bits per heavy atom. The van der Waals surface area contributed by atoms with E-state index in [0.717, 1.165) is 31.2 Å². The summed E-state index contributed by atoms with van der Waals surface area (Å²) in [6, 6.07) is 5.60. The second-order valence-electron chi connectivity index (χ2n) is 6.32. The maximum atomic E-state index is 10.7. The van der Waals surface area contributed by atoms with Crippen LogP contribution in [0.1, 0.15) is 55.9 Å². The average molecular weight is 377 g/mol. The number of benzene rings is 1. The lowest BCUT2D eigenvalue weighted by Crippen LogP contribution is -2.24. The molecule has 0 bridgehead atoms. The van der Waals surface area contributed by atoms with E-state index in [1.807, 2.05) is 18.2 Å². The summed E-state index contributed by atoms with van der Waals surface area (Å²) in [5.74, 6) is 1.99. The van der Waals surface area contributed by atoms with Gasteiger partial charge in [-0.1, -0.05) is 32.3 Å². The number of hydrogen-bond donors (Lipinski definition) is 1. The molecule has 1 atom stereocenters. The average Bonchev–Trinajstić information content (AvgIpc) is 3.15. The highest BCUT2D eigenvalue weighted by atomic mass is 16.5. The first-order valence-corrected chi connectivity index (χ1v) is 9.05. The van der Waals surface area contributed by atoms with Gasteiger partial charge in [-0.15, -0.1) is 10.2 Å². The first-order chi connectivity index (χ1) is 13.1. The van der Waals surface area contributed by atoms with Crippen molar-refractivity contribution in [3.8, 4) is 11.5 Å². The molecule has 1 aromatic carbocycles. The van der Waals surface area contributed by atoms with Crippen molar-refractivity contribution in [3.63, 3.8) is 0 Å². The SMILES string of the molecule is CCCCC[C@@H](CN(O)C=O)c1nnc(Cc2ccc(OC)c(OC)c2)o1. The van der Waals surface area contributed by atoms with Gasteiger partial charge in [-0.3, -0.25) is 10.0 Å². The summed E-state index contributed by atoms with van der Waals surface area (Å²) < 4.78 is 16.4. The number of ether oxygens (including phenoxy) is 2. The third-order valence-electron chi connectivity index (χ3n) is 4.32. The number of methoxy groups -OCH3 is 2. The molecule has 2 rings (SSSR count). The lowest BCUT2D eigenvalue weighted by atomic mass is 10.0. The second-order valence-corrected chi connectivity index (χ2v) is 6.32. The van der Waals surface area contributed by atoms with Crippen molar-refractivity contribution < 1.29 is 23.9 Å². The van der Waals surface area contributed by atoms with Gasteiger partial charge in [0.05, 0.1) is 33.1 Å². The van der Waals surface area contributed by atoms with Crippen LogP contribution >= 0.6 is 0 Å². The minimum Gasteiger partial charge on any atom is -0.493 e. The van der Waals surface area contributed by atoms with E-state index in [9.17, 15) is 10.0 Å². The lowest BCUT2D eigenvalue weighted by molar-refractivity contribution is -0.151. The lowest BCUT2D eigenvalue weighted by Gasteiger charge is -2.16. The van der Waals surface area contributed by atoms with Gasteiger partial charge in [0, 0.05) is 0 Å². The van der Waals surface area contributed by atoms with Crippen molar-refractivity contribution >= 4 is 6.41 Å². The molecule has 1 aromatic heterocycles. The Balaban J connectivity index is 2.11. The van der Waals surface area contributed by atoms with Crippen LogP contribution in [-0.2, 0) is 11.2 Å². The molecule has 0 radical (unpaired) electrons. The maximum absolute atomic E-state index is 10.7. The Hall–Kier alpha value is -2.61. The third kappa shape index (κ3) is 5.96. The molecule has 0 spiro atoms. The fraction of sp³-hybridized carbons (Fsp3) is 0.526. The largest absolute Gasteiger partial charge is 0.493 e. The molecule has 1 N–H and O–H groups in total. The minimum absolute atomic E-state index is 0.130. The van der Waals surface area contributed by atoms with Crippen LogP contribution in [0.5, 0.6) is 11.5 Å². The van der Waals surface area contributed by atoms with Crippen molar-refractivity contribution in [1.29, 1.82) is 0 Å². The van der Waals surface area contributed by atoms with Gasteiger partial charge in [0.15, 0.2) is 11.5 Å². The fourth-order valence-corrected chi connectivity index (χ4v) is 2.87. The Bertz CT molecular complexity index is 719. The number of rotatable bonds is 12. The predicted molar refractivity (Wildman–Crippen MR) is 98.1 cm³/mol. The zero-order valence-electron chi connectivity index (χ0n) is 16.1. The van der Waals surface area contributed by atoms with Gasteiger partial charge in [-0.05, 0) is 24.1 Å². The molecule has 0 saturated carbocycles. The summed E-state index contributed by atoms with van der Waals surface area (Å²) in [5.41, 5.74) is 0.946. The molecule has 1 heterocycles. The quantitative estimate of drug-likeness (QED) is 0.262. The van der Waals surface area contributed by atoms with Gasteiger partial charge in [0.1, 0.15) is 0 Å². The van der Waals surface area contributed by atoms with E-state index in [4.69, 9.17) is 13.9 Å². The summed E-state index contributed by atoms with van der Waals surface area (Å²) in [6.07, 6.45) is 4.70. The number of amides is 1. The molecule has 148 valence electrons. The first-order valence-electron chi connectivity index (χ1n) is 9.05. The Labute approximate surface area is 159 Å². The first kappa shape index (κ1) is 20.7. The van der Waals surface area contributed by atoms with E-state index in [1.54, 1.807) is 14.2 Å². The second kappa shape index (κ2) is 10.5. The number of unbranched alkanes of at least 4 members (excludes halogenated alkanes) is 2. The van der Waals surface area contributed by atoms with Gasteiger partial charge in [-0.2, -0.15) is 0 Å². The Morgan fingerprint density at radius 1 is 1.22 bits per heavy atom. The highest BCUT2D eigenvalue weighted by Crippen LogP contribution is 2.29. The molecule has 27 heavy (non-hydrogen) atoms. The van der Waals surface area contributed by atoms with Crippen LogP contribution in [-0.4, -0.2) is 47.6 Å².